The molecule has 1 aromatic heterocycles. The summed E-state index contributed by atoms with van der Waals surface area (Å²) in [5, 5.41) is 6.10. The van der Waals surface area contributed by atoms with E-state index in [4.69, 9.17) is 5.73 Å². The number of aromatic nitrogens is 1. The van der Waals surface area contributed by atoms with Crippen molar-refractivity contribution in [1.29, 1.82) is 0 Å². The van der Waals surface area contributed by atoms with Gasteiger partial charge in [-0.2, -0.15) is 0 Å². The van der Waals surface area contributed by atoms with E-state index in [1.54, 1.807) is 11.3 Å². The average molecular weight is 464 g/mol. The zero-order valence-corrected chi connectivity index (χ0v) is 17.1. The highest BCUT2D eigenvalue weighted by atomic mass is 127. The van der Waals surface area contributed by atoms with Crippen molar-refractivity contribution in [3.05, 3.63) is 70.5 Å². The van der Waals surface area contributed by atoms with E-state index in [9.17, 15) is 0 Å². The molecular formula is C19H21IN4S. The number of halogens is 1. The summed E-state index contributed by atoms with van der Waals surface area (Å²) in [6.07, 6.45) is 1.03. The van der Waals surface area contributed by atoms with Gasteiger partial charge in [0, 0.05) is 16.6 Å². The molecule has 0 aliphatic carbocycles. The second-order valence-corrected chi connectivity index (χ2v) is 6.31. The van der Waals surface area contributed by atoms with E-state index in [2.05, 4.69) is 46.5 Å². The molecule has 6 heteroatoms. The summed E-state index contributed by atoms with van der Waals surface area (Å²) in [5.74, 6) is 0.399. The zero-order chi connectivity index (χ0) is 16.8. The number of benzene rings is 2. The molecule has 3 rings (SSSR count). The normalized spacial score (nSPS) is 11.0. The molecular weight excluding hydrogens is 443 g/mol. The van der Waals surface area contributed by atoms with Gasteiger partial charge in [-0.05, 0) is 24.1 Å². The lowest BCUT2D eigenvalue weighted by molar-refractivity contribution is 1.03. The van der Waals surface area contributed by atoms with Gasteiger partial charge in [0.25, 0.3) is 0 Å². The quantitative estimate of drug-likeness (QED) is 0.320. The second-order valence-electron chi connectivity index (χ2n) is 5.37. The van der Waals surface area contributed by atoms with Crippen LogP contribution in [0, 0.1) is 0 Å². The molecule has 0 spiro atoms. The summed E-state index contributed by atoms with van der Waals surface area (Å²) in [6.45, 7) is 2.61. The Morgan fingerprint density at radius 2 is 1.84 bits per heavy atom. The molecule has 0 unspecified atom stereocenters. The van der Waals surface area contributed by atoms with E-state index >= 15 is 0 Å². The number of aryl methyl sites for hydroxylation is 1. The number of aliphatic imine (C=N–C) groups is 1. The number of thiazole rings is 1. The molecule has 0 bridgehead atoms. The molecule has 0 radical (unpaired) electrons. The molecule has 0 atom stereocenters. The highest BCUT2D eigenvalue weighted by Crippen LogP contribution is 2.21. The van der Waals surface area contributed by atoms with Crippen LogP contribution in [-0.2, 0) is 13.0 Å². The van der Waals surface area contributed by atoms with Crippen molar-refractivity contribution in [3.63, 3.8) is 0 Å². The molecule has 0 fully saturated rings. The van der Waals surface area contributed by atoms with Crippen molar-refractivity contribution in [2.45, 2.75) is 19.9 Å². The first kappa shape index (κ1) is 19.4. The van der Waals surface area contributed by atoms with Gasteiger partial charge in [0.1, 0.15) is 5.01 Å². The van der Waals surface area contributed by atoms with Gasteiger partial charge in [-0.15, -0.1) is 35.3 Å². The van der Waals surface area contributed by atoms with Crippen molar-refractivity contribution in [1.82, 2.24) is 4.98 Å². The van der Waals surface area contributed by atoms with Gasteiger partial charge in [-0.1, -0.05) is 49.4 Å². The first-order valence-corrected chi connectivity index (χ1v) is 8.78. The van der Waals surface area contributed by atoms with Gasteiger partial charge < -0.3 is 11.1 Å². The SMILES string of the molecule is CCc1ccc(NC(N)=NCc2nc(-c3ccccc3)cs2)cc1.I. The van der Waals surface area contributed by atoms with E-state index in [1.165, 1.54) is 5.56 Å². The predicted molar refractivity (Wildman–Crippen MR) is 118 cm³/mol. The van der Waals surface area contributed by atoms with E-state index < -0.39 is 0 Å². The fourth-order valence-corrected chi connectivity index (χ4v) is 3.02. The van der Waals surface area contributed by atoms with E-state index in [1.807, 2.05) is 35.7 Å². The van der Waals surface area contributed by atoms with Gasteiger partial charge in [0.2, 0.25) is 0 Å². The van der Waals surface area contributed by atoms with Crippen LogP contribution in [0.3, 0.4) is 0 Å². The molecule has 0 amide bonds. The summed E-state index contributed by atoms with van der Waals surface area (Å²) in [6, 6.07) is 18.3. The number of hydrogen-bond acceptors (Lipinski definition) is 3. The van der Waals surface area contributed by atoms with Crippen molar-refractivity contribution in [2.75, 3.05) is 5.32 Å². The van der Waals surface area contributed by atoms with Crippen LogP contribution in [0.4, 0.5) is 5.69 Å². The highest BCUT2D eigenvalue weighted by molar-refractivity contribution is 14.0. The lowest BCUT2D eigenvalue weighted by Gasteiger charge is -2.06. The third kappa shape index (κ3) is 5.54. The second kappa shape index (κ2) is 9.53. The maximum absolute atomic E-state index is 5.96. The Hall–Kier alpha value is -1.93. The number of rotatable bonds is 5. The smallest absolute Gasteiger partial charge is 0.193 e. The lowest BCUT2D eigenvalue weighted by atomic mass is 10.1. The standard InChI is InChI=1S/C19H20N4S.HI/c1-2-14-8-10-16(11-9-14)22-19(20)21-12-18-23-17(13-24-18)15-6-4-3-5-7-15;/h3-11,13H,2,12H2,1H3,(H3,20,21,22);1H. The van der Waals surface area contributed by atoms with Crippen LogP contribution in [0.15, 0.2) is 65.0 Å². The number of nitrogens with one attached hydrogen (secondary N) is 1. The molecule has 0 aliphatic heterocycles. The molecule has 0 aliphatic rings. The molecule has 3 aromatic rings. The molecule has 0 saturated heterocycles. The minimum Gasteiger partial charge on any atom is -0.370 e. The summed E-state index contributed by atoms with van der Waals surface area (Å²) in [7, 11) is 0. The van der Waals surface area contributed by atoms with Crippen molar-refractivity contribution in [3.8, 4) is 11.3 Å². The molecule has 1 heterocycles. The van der Waals surface area contributed by atoms with Crippen molar-refractivity contribution in [2.24, 2.45) is 10.7 Å². The van der Waals surface area contributed by atoms with Crippen LogP contribution in [0.25, 0.3) is 11.3 Å². The van der Waals surface area contributed by atoms with Gasteiger partial charge in [-0.25, -0.2) is 9.98 Å². The number of guanidine groups is 1. The van der Waals surface area contributed by atoms with Gasteiger partial charge in [0.15, 0.2) is 5.96 Å². The average Bonchev–Trinajstić information content (AvgIpc) is 3.10. The van der Waals surface area contributed by atoms with Gasteiger partial charge >= 0.3 is 0 Å². The zero-order valence-electron chi connectivity index (χ0n) is 14.0. The maximum atomic E-state index is 5.96. The topological polar surface area (TPSA) is 63.3 Å². The van der Waals surface area contributed by atoms with Crippen LogP contribution in [-0.4, -0.2) is 10.9 Å². The van der Waals surface area contributed by atoms with Crippen LogP contribution in [0.5, 0.6) is 0 Å². The molecule has 2 aromatic carbocycles. The van der Waals surface area contributed by atoms with E-state index in [0.29, 0.717) is 12.5 Å². The van der Waals surface area contributed by atoms with Crippen LogP contribution < -0.4 is 11.1 Å². The van der Waals surface area contributed by atoms with Gasteiger partial charge in [-0.3, -0.25) is 0 Å². The van der Waals surface area contributed by atoms with E-state index in [0.717, 1.165) is 28.4 Å². The van der Waals surface area contributed by atoms with Crippen LogP contribution >= 0.6 is 35.3 Å². The third-order valence-electron chi connectivity index (χ3n) is 3.64. The summed E-state index contributed by atoms with van der Waals surface area (Å²) in [4.78, 5) is 8.98. The predicted octanol–water partition coefficient (Wildman–Crippen LogP) is 4.92. The molecule has 130 valence electrons. The number of nitrogens with zero attached hydrogens (tertiary/aromatic N) is 2. The summed E-state index contributed by atoms with van der Waals surface area (Å²) >= 11 is 1.60. The van der Waals surface area contributed by atoms with E-state index in [-0.39, 0.29) is 24.0 Å². The first-order chi connectivity index (χ1) is 11.7. The van der Waals surface area contributed by atoms with Gasteiger partial charge in [0.05, 0.1) is 12.2 Å². The first-order valence-electron chi connectivity index (χ1n) is 7.90. The number of hydrogen-bond donors (Lipinski definition) is 2. The number of anilines is 1. The molecule has 25 heavy (non-hydrogen) atoms. The Morgan fingerprint density at radius 1 is 1.12 bits per heavy atom. The van der Waals surface area contributed by atoms with Crippen LogP contribution in [0.1, 0.15) is 17.5 Å². The highest BCUT2D eigenvalue weighted by Gasteiger charge is 2.04. The Bertz CT molecular complexity index is 813. The number of nitrogens with two attached hydrogens (primary N) is 1. The fraction of sp³-hybridized carbons (Fsp3) is 0.158. The van der Waals surface area contributed by atoms with Crippen molar-refractivity contribution < 1.29 is 0 Å². The van der Waals surface area contributed by atoms with Crippen molar-refractivity contribution >= 4 is 47.0 Å². The fourth-order valence-electron chi connectivity index (χ4n) is 2.29. The lowest BCUT2D eigenvalue weighted by Crippen LogP contribution is -2.22. The minimum absolute atomic E-state index is 0. The summed E-state index contributed by atoms with van der Waals surface area (Å²) in [5.41, 5.74) is 10.3. The summed E-state index contributed by atoms with van der Waals surface area (Å²) < 4.78 is 0. The molecule has 3 N–H and O–H groups in total. The third-order valence-corrected chi connectivity index (χ3v) is 4.47. The Labute approximate surface area is 169 Å². The minimum atomic E-state index is 0. The Morgan fingerprint density at radius 3 is 2.52 bits per heavy atom. The molecule has 0 saturated carbocycles. The Kier molecular flexibility index (Phi) is 7.39. The molecule has 4 nitrogen and oxygen atoms in total. The Balaban J connectivity index is 0.00000225. The van der Waals surface area contributed by atoms with Crippen LogP contribution in [0.2, 0.25) is 0 Å². The largest absolute Gasteiger partial charge is 0.370 e. The monoisotopic (exact) mass is 464 g/mol. The maximum Gasteiger partial charge on any atom is 0.193 e.